The quantitative estimate of drug-likeness (QED) is 0.717. The van der Waals surface area contributed by atoms with Crippen LogP contribution < -0.4 is 14.8 Å². The molecule has 1 aromatic carbocycles. The van der Waals surface area contributed by atoms with E-state index in [1.165, 1.54) is 0 Å². The van der Waals surface area contributed by atoms with Gasteiger partial charge in [0.1, 0.15) is 19.3 Å². The highest BCUT2D eigenvalue weighted by Crippen LogP contribution is 2.34. The molecule has 20 heavy (non-hydrogen) atoms. The second-order valence-electron chi connectivity index (χ2n) is 5.44. The summed E-state index contributed by atoms with van der Waals surface area (Å²) in [5.74, 6) is 1.31. The predicted molar refractivity (Wildman–Crippen MR) is 76.3 cm³/mol. The van der Waals surface area contributed by atoms with Gasteiger partial charge in [-0.15, -0.1) is 0 Å². The molecule has 112 valence electrons. The van der Waals surface area contributed by atoms with E-state index in [9.17, 15) is 10.2 Å². The van der Waals surface area contributed by atoms with Crippen LogP contribution in [0.5, 0.6) is 11.5 Å². The molecule has 0 aromatic heterocycles. The van der Waals surface area contributed by atoms with Gasteiger partial charge in [-0.1, -0.05) is 26.0 Å². The van der Waals surface area contributed by atoms with Gasteiger partial charge in [-0.25, -0.2) is 0 Å². The zero-order chi connectivity index (χ0) is 14.5. The lowest BCUT2D eigenvalue weighted by molar-refractivity contribution is 0.0810. The molecule has 0 fully saturated rings. The first-order chi connectivity index (χ1) is 9.56. The van der Waals surface area contributed by atoms with Crippen molar-refractivity contribution in [2.45, 2.75) is 38.5 Å². The number of ether oxygens (including phenoxy) is 2. The molecular weight excluding hydrogens is 258 g/mol. The molecular formula is C15H23NO4. The Kier molecular flexibility index (Phi) is 5.23. The van der Waals surface area contributed by atoms with Crippen molar-refractivity contribution in [3.63, 3.8) is 0 Å². The molecule has 0 saturated carbocycles. The lowest BCUT2D eigenvalue weighted by Crippen LogP contribution is -2.35. The van der Waals surface area contributed by atoms with Crippen LogP contribution in [0.2, 0.25) is 0 Å². The second-order valence-corrected chi connectivity index (χ2v) is 5.44. The van der Waals surface area contributed by atoms with Crippen molar-refractivity contribution in [2.24, 2.45) is 0 Å². The first kappa shape index (κ1) is 15.1. The van der Waals surface area contributed by atoms with E-state index in [4.69, 9.17) is 9.47 Å². The summed E-state index contributed by atoms with van der Waals surface area (Å²) in [4.78, 5) is 0. The molecule has 3 N–H and O–H groups in total. The van der Waals surface area contributed by atoms with E-state index in [1.807, 2.05) is 32.0 Å². The van der Waals surface area contributed by atoms with Gasteiger partial charge >= 0.3 is 0 Å². The molecule has 1 aliphatic rings. The van der Waals surface area contributed by atoms with Crippen molar-refractivity contribution in [1.82, 2.24) is 5.32 Å². The van der Waals surface area contributed by atoms with Crippen LogP contribution in [0, 0.1) is 0 Å². The third kappa shape index (κ3) is 4.10. The molecule has 1 heterocycles. The Morgan fingerprint density at radius 1 is 1.45 bits per heavy atom. The Morgan fingerprint density at radius 2 is 2.25 bits per heavy atom. The molecule has 0 spiro atoms. The van der Waals surface area contributed by atoms with Crippen molar-refractivity contribution >= 4 is 0 Å². The average Bonchev–Trinajstić information content (AvgIpc) is 2.42. The molecule has 0 amide bonds. The number of para-hydroxylation sites is 1. The molecule has 0 aliphatic carbocycles. The van der Waals surface area contributed by atoms with Crippen molar-refractivity contribution in [2.75, 3.05) is 19.8 Å². The highest BCUT2D eigenvalue weighted by molar-refractivity contribution is 5.48. The Hall–Kier alpha value is -1.30. The summed E-state index contributed by atoms with van der Waals surface area (Å²) in [6, 6.07) is 5.94. The number of aliphatic hydroxyl groups is 2. The highest BCUT2D eigenvalue weighted by atomic mass is 16.5. The van der Waals surface area contributed by atoms with Gasteiger partial charge in [0.15, 0.2) is 11.5 Å². The normalized spacial score (nSPS) is 19.4. The number of fused-ring (bicyclic) bond motifs is 1. The monoisotopic (exact) mass is 281 g/mol. The summed E-state index contributed by atoms with van der Waals surface area (Å²) in [5.41, 5.74) is 0.941. The summed E-state index contributed by atoms with van der Waals surface area (Å²) in [6.45, 7) is 5.04. The fourth-order valence-electron chi connectivity index (χ4n) is 2.11. The lowest BCUT2D eigenvalue weighted by Gasteiger charge is -2.24. The third-order valence-corrected chi connectivity index (χ3v) is 3.13. The van der Waals surface area contributed by atoms with Gasteiger partial charge in [0.05, 0.1) is 6.10 Å². The van der Waals surface area contributed by atoms with Crippen LogP contribution in [0.4, 0.5) is 0 Å². The van der Waals surface area contributed by atoms with Crippen LogP contribution in [0.25, 0.3) is 0 Å². The molecule has 1 aromatic rings. The predicted octanol–water partition coefficient (Wildman–Crippen LogP) is 0.720. The maximum Gasteiger partial charge on any atom is 0.164 e. The second kappa shape index (κ2) is 6.92. The Labute approximate surface area is 119 Å². The Balaban J connectivity index is 1.92. The minimum atomic E-state index is -0.567. The highest BCUT2D eigenvalue weighted by Gasteiger charge is 2.21. The van der Waals surface area contributed by atoms with Gasteiger partial charge in [-0.2, -0.15) is 0 Å². The summed E-state index contributed by atoms with van der Waals surface area (Å²) < 4.78 is 11.2. The lowest BCUT2D eigenvalue weighted by atomic mass is 10.0. The largest absolute Gasteiger partial charge is 0.487 e. The standard InChI is InChI=1S/C15H23NO4/c1-10(2)16-7-13(18)9-19-14-5-3-4-11-6-12(17)8-20-15(11)14/h3-5,10,12-13,16-18H,6-9H2,1-2H3/t12-,13+/m1/s1. The number of benzene rings is 1. The van der Waals surface area contributed by atoms with Crippen molar-refractivity contribution in [3.05, 3.63) is 23.8 Å². The fourth-order valence-corrected chi connectivity index (χ4v) is 2.11. The van der Waals surface area contributed by atoms with Crippen LogP contribution in [0.3, 0.4) is 0 Å². The van der Waals surface area contributed by atoms with E-state index in [0.717, 1.165) is 5.56 Å². The molecule has 2 atom stereocenters. The molecule has 0 unspecified atom stereocenters. The SMILES string of the molecule is CC(C)NC[C@H](O)COc1cccc2c1OC[C@H](O)C2. The summed E-state index contributed by atoms with van der Waals surface area (Å²) in [5, 5.41) is 22.6. The van der Waals surface area contributed by atoms with E-state index in [0.29, 0.717) is 30.5 Å². The van der Waals surface area contributed by atoms with E-state index < -0.39 is 12.2 Å². The number of aliphatic hydroxyl groups excluding tert-OH is 2. The number of hydrogen-bond donors (Lipinski definition) is 3. The van der Waals surface area contributed by atoms with Crippen LogP contribution in [-0.2, 0) is 6.42 Å². The maximum atomic E-state index is 9.84. The van der Waals surface area contributed by atoms with Gasteiger partial charge in [0, 0.05) is 24.6 Å². The number of hydrogen-bond acceptors (Lipinski definition) is 5. The van der Waals surface area contributed by atoms with E-state index in [2.05, 4.69) is 5.32 Å². The van der Waals surface area contributed by atoms with Crippen molar-refractivity contribution in [3.8, 4) is 11.5 Å². The van der Waals surface area contributed by atoms with E-state index >= 15 is 0 Å². The smallest absolute Gasteiger partial charge is 0.164 e. The van der Waals surface area contributed by atoms with E-state index in [-0.39, 0.29) is 13.2 Å². The van der Waals surface area contributed by atoms with Crippen molar-refractivity contribution < 1.29 is 19.7 Å². The Morgan fingerprint density at radius 3 is 3.00 bits per heavy atom. The minimum absolute atomic E-state index is 0.210. The molecule has 0 saturated heterocycles. The van der Waals surface area contributed by atoms with Gasteiger partial charge in [-0.3, -0.25) is 0 Å². The van der Waals surface area contributed by atoms with Gasteiger partial charge in [0.2, 0.25) is 0 Å². The van der Waals surface area contributed by atoms with Crippen molar-refractivity contribution in [1.29, 1.82) is 0 Å². The van der Waals surface area contributed by atoms with Gasteiger partial charge < -0.3 is 25.0 Å². The molecule has 5 nitrogen and oxygen atoms in total. The summed E-state index contributed by atoms with van der Waals surface area (Å²) >= 11 is 0. The molecule has 0 bridgehead atoms. The number of nitrogens with one attached hydrogen (secondary N) is 1. The van der Waals surface area contributed by atoms with Crippen LogP contribution in [-0.4, -0.2) is 48.2 Å². The topological polar surface area (TPSA) is 71.0 Å². The average molecular weight is 281 g/mol. The number of rotatable bonds is 6. The van der Waals surface area contributed by atoms with Gasteiger partial charge in [-0.05, 0) is 6.07 Å². The first-order valence-corrected chi connectivity index (χ1v) is 7.03. The van der Waals surface area contributed by atoms with Crippen LogP contribution >= 0.6 is 0 Å². The first-order valence-electron chi connectivity index (χ1n) is 7.03. The van der Waals surface area contributed by atoms with E-state index in [1.54, 1.807) is 0 Å². The van der Waals surface area contributed by atoms with Gasteiger partial charge in [0.25, 0.3) is 0 Å². The van der Waals surface area contributed by atoms with Crippen LogP contribution in [0.1, 0.15) is 19.4 Å². The summed E-state index contributed by atoms with van der Waals surface area (Å²) in [7, 11) is 0. The molecule has 1 aliphatic heterocycles. The fraction of sp³-hybridized carbons (Fsp3) is 0.600. The maximum absolute atomic E-state index is 9.84. The minimum Gasteiger partial charge on any atom is -0.487 e. The molecule has 5 heteroatoms. The zero-order valence-electron chi connectivity index (χ0n) is 12.0. The summed E-state index contributed by atoms with van der Waals surface area (Å²) in [6.07, 6.45) is -0.453. The molecule has 0 radical (unpaired) electrons. The Bertz CT molecular complexity index is 436. The molecule has 2 rings (SSSR count). The van der Waals surface area contributed by atoms with Crippen LogP contribution in [0.15, 0.2) is 18.2 Å². The zero-order valence-corrected chi connectivity index (χ0v) is 12.0. The third-order valence-electron chi connectivity index (χ3n) is 3.13.